The summed E-state index contributed by atoms with van der Waals surface area (Å²) >= 11 is 0. The van der Waals surface area contributed by atoms with Crippen LogP contribution >= 0.6 is 0 Å². The fourth-order valence-corrected chi connectivity index (χ4v) is 1.29. The molecule has 6 nitrogen and oxygen atoms in total. The highest BCUT2D eigenvalue weighted by Crippen LogP contribution is 2.12. The van der Waals surface area contributed by atoms with E-state index in [2.05, 4.69) is 19.7 Å². The van der Waals surface area contributed by atoms with Crippen LogP contribution in [0.2, 0.25) is 0 Å². The first kappa shape index (κ1) is 10.3. The van der Waals surface area contributed by atoms with Crippen LogP contribution in [0.4, 0.5) is 0 Å². The zero-order valence-corrected chi connectivity index (χ0v) is 8.70. The van der Waals surface area contributed by atoms with Crippen LogP contribution in [-0.4, -0.2) is 32.6 Å². The van der Waals surface area contributed by atoms with Gasteiger partial charge in [0, 0.05) is 24.8 Å². The standard InChI is InChI=1S/C10H10N4O2/c1-16-9(15)7-14-5-4-13-10(14)8-6-11-2-3-12-8/h2-6H,7H2,1H3. The molecule has 0 fully saturated rings. The lowest BCUT2D eigenvalue weighted by atomic mass is 10.4. The van der Waals surface area contributed by atoms with E-state index in [1.165, 1.54) is 7.11 Å². The topological polar surface area (TPSA) is 69.9 Å². The summed E-state index contributed by atoms with van der Waals surface area (Å²) in [5, 5.41) is 0. The van der Waals surface area contributed by atoms with Gasteiger partial charge in [0.15, 0.2) is 5.82 Å². The predicted molar refractivity (Wildman–Crippen MR) is 55.3 cm³/mol. The highest BCUT2D eigenvalue weighted by atomic mass is 16.5. The van der Waals surface area contributed by atoms with Crippen molar-refractivity contribution in [3.05, 3.63) is 31.0 Å². The Morgan fingerprint density at radius 3 is 2.94 bits per heavy atom. The van der Waals surface area contributed by atoms with Crippen molar-refractivity contribution < 1.29 is 9.53 Å². The molecule has 16 heavy (non-hydrogen) atoms. The molecule has 2 rings (SSSR count). The van der Waals surface area contributed by atoms with Crippen molar-refractivity contribution in [2.24, 2.45) is 0 Å². The monoisotopic (exact) mass is 218 g/mol. The van der Waals surface area contributed by atoms with Gasteiger partial charge in [0.25, 0.3) is 0 Å². The molecule has 0 aliphatic carbocycles. The Labute approximate surface area is 91.9 Å². The van der Waals surface area contributed by atoms with Crippen molar-refractivity contribution in [3.8, 4) is 11.5 Å². The van der Waals surface area contributed by atoms with E-state index in [-0.39, 0.29) is 12.5 Å². The van der Waals surface area contributed by atoms with E-state index in [0.29, 0.717) is 11.5 Å². The van der Waals surface area contributed by atoms with Crippen LogP contribution in [0.5, 0.6) is 0 Å². The van der Waals surface area contributed by atoms with Gasteiger partial charge in [-0.25, -0.2) is 9.97 Å². The lowest BCUT2D eigenvalue weighted by Crippen LogP contribution is -2.12. The van der Waals surface area contributed by atoms with E-state index in [0.717, 1.165) is 0 Å². The first-order valence-electron chi connectivity index (χ1n) is 4.65. The molecule has 0 spiro atoms. The van der Waals surface area contributed by atoms with Gasteiger partial charge in [0.2, 0.25) is 0 Å². The van der Waals surface area contributed by atoms with Crippen molar-refractivity contribution in [2.45, 2.75) is 6.54 Å². The summed E-state index contributed by atoms with van der Waals surface area (Å²) < 4.78 is 6.25. The molecule has 0 atom stereocenters. The second kappa shape index (κ2) is 4.52. The molecule has 2 heterocycles. The van der Waals surface area contributed by atoms with E-state index < -0.39 is 0 Å². The lowest BCUT2D eigenvalue weighted by molar-refractivity contribution is -0.141. The molecule has 0 aliphatic rings. The maximum atomic E-state index is 11.2. The second-order valence-electron chi connectivity index (χ2n) is 3.05. The van der Waals surface area contributed by atoms with Gasteiger partial charge in [-0.15, -0.1) is 0 Å². The average molecular weight is 218 g/mol. The molecule has 0 N–H and O–H groups in total. The fraction of sp³-hybridized carbons (Fsp3) is 0.200. The molecule has 0 radical (unpaired) electrons. The minimum absolute atomic E-state index is 0.113. The number of rotatable bonds is 3. The van der Waals surface area contributed by atoms with E-state index in [1.807, 2.05) is 0 Å². The summed E-state index contributed by atoms with van der Waals surface area (Å²) in [6, 6.07) is 0. The summed E-state index contributed by atoms with van der Waals surface area (Å²) in [6.45, 7) is 0.113. The molecule has 0 unspecified atom stereocenters. The first-order valence-corrected chi connectivity index (χ1v) is 4.65. The normalized spacial score (nSPS) is 10.1. The molecule has 0 aromatic carbocycles. The smallest absolute Gasteiger partial charge is 0.325 e. The van der Waals surface area contributed by atoms with Crippen LogP contribution in [-0.2, 0) is 16.1 Å². The van der Waals surface area contributed by atoms with Crippen molar-refractivity contribution in [1.29, 1.82) is 0 Å². The predicted octanol–water partition coefficient (Wildman–Crippen LogP) is 0.513. The number of hydrogen-bond donors (Lipinski definition) is 0. The van der Waals surface area contributed by atoms with E-state index >= 15 is 0 Å². The SMILES string of the molecule is COC(=O)Cn1ccnc1-c1cnccn1. The molecule has 82 valence electrons. The van der Waals surface area contributed by atoms with Crippen LogP contribution in [0.3, 0.4) is 0 Å². The molecule has 0 bridgehead atoms. The largest absolute Gasteiger partial charge is 0.468 e. The summed E-state index contributed by atoms with van der Waals surface area (Å²) in [5.41, 5.74) is 0.622. The van der Waals surface area contributed by atoms with E-state index in [9.17, 15) is 4.79 Å². The Bertz CT molecular complexity index is 481. The van der Waals surface area contributed by atoms with E-state index in [4.69, 9.17) is 0 Å². The minimum Gasteiger partial charge on any atom is -0.468 e. The summed E-state index contributed by atoms with van der Waals surface area (Å²) in [7, 11) is 1.35. The molecular formula is C10H10N4O2. The highest BCUT2D eigenvalue weighted by molar-refractivity contribution is 5.69. The van der Waals surface area contributed by atoms with Gasteiger partial charge in [-0.2, -0.15) is 0 Å². The molecule has 0 saturated carbocycles. The molecule has 0 aliphatic heterocycles. The number of methoxy groups -OCH3 is 1. The maximum Gasteiger partial charge on any atom is 0.325 e. The quantitative estimate of drug-likeness (QED) is 0.702. The molecular weight excluding hydrogens is 208 g/mol. The molecule has 2 aromatic heterocycles. The number of esters is 1. The maximum absolute atomic E-state index is 11.2. The third-order valence-corrected chi connectivity index (χ3v) is 2.03. The zero-order chi connectivity index (χ0) is 11.4. The number of carbonyl (C=O) groups excluding carboxylic acids is 1. The third-order valence-electron chi connectivity index (χ3n) is 2.03. The van der Waals surface area contributed by atoms with Gasteiger partial charge in [0.1, 0.15) is 12.2 Å². The summed E-state index contributed by atoms with van der Waals surface area (Å²) in [6.07, 6.45) is 8.05. The Hall–Kier alpha value is -2.24. The van der Waals surface area contributed by atoms with E-state index in [1.54, 1.807) is 35.6 Å². The molecule has 6 heteroatoms. The van der Waals surface area contributed by atoms with Gasteiger partial charge >= 0.3 is 5.97 Å². The Kier molecular flexibility index (Phi) is 2.90. The minimum atomic E-state index is -0.330. The van der Waals surface area contributed by atoms with Crippen LogP contribution in [0, 0.1) is 0 Å². The number of aromatic nitrogens is 4. The van der Waals surface area contributed by atoms with Crippen molar-refractivity contribution in [2.75, 3.05) is 7.11 Å². The molecule has 0 saturated heterocycles. The number of carbonyl (C=O) groups is 1. The van der Waals surface area contributed by atoms with Crippen LogP contribution in [0.15, 0.2) is 31.0 Å². The number of imidazole rings is 1. The summed E-state index contributed by atoms with van der Waals surface area (Å²) in [4.78, 5) is 23.3. The van der Waals surface area contributed by atoms with Gasteiger partial charge in [-0.3, -0.25) is 9.78 Å². The van der Waals surface area contributed by atoms with Gasteiger partial charge in [-0.05, 0) is 0 Å². The van der Waals surface area contributed by atoms with Gasteiger partial charge < -0.3 is 9.30 Å². The second-order valence-corrected chi connectivity index (χ2v) is 3.05. The number of nitrogens with zero attached hydrogens (tertiary/aromatic N) is 4. The van der Waals surface area contributed by atoms with Crippen molar-refractivity contribution in [1.82, 2.24) is 19.5 Å². The highest BCUT2D eigenvalue weighted by Gasteiger charge is 2.10. The average Bonchev–Trinajstić information content (AvgIpc) is 2.78. The molecule has 2 aromatic rings. The number of hydrogen-bond acceptors (Lipinski definition) is 5. The first-order chi connectivity index (χ1) is 7.81. The van der Waals surface area contributed by atoms with Crippen LogP contribution in [0.1, 0.15) is 0 Å². The van der Waals surface area contributed by atoms with Gasteiger partial charge in [0.05, 0.1) is 13.3 Å². The van der Waals surface area contributed by atoms with Crippen LogP contribution < -0.4 is 0 Å². The summed E-state index contributed by atoms with van der Waals surface area (Å²) in [5.74, 6) is 0.265. The fourth-order valence-electron chi connectivity index (χ4n) is 1.29. The van der Waals surface area contributed by atoms with Crippen molar-refractivity contribution >= 4 is 5.97 Å². The molecule has 0 amide bonds. The zero-order valence-electron chi connectivity index (χ0n) is 8.70. The Balaban J connectivity index is 2.29. The lowest BCUT2D eigenvalue weighted by Gasteiger charge is -2.04. The number of ether oxygens (including phenoxy) is 1. The van der Waals surface area contributed by atoms with Crippen LogP contribution in [0.25, 0.3) is 11.5 Å². The Morgan fingerprint density at radius 1 is 1.38 bits per heavy atom. The van der Waals surface area contributed by atoms with Crippen molar-refractivity contribution in [3.63, 3.8) is 0 Å². The Morgan fingerprint density at radius 2 is 2.25 bits per heavy atom. The third kappa shape index (κ3) is 2.05. The van der Waals surface area contributed by atoms with Gasteiger partial charge in [-0.1, -0.05) is 0 Å².